The molecule has 0 saturated carbocycles. The molecule has 0 spiro atoms. The molecule has 17 heavy (non-hydrogen) atoms. The van der Waals surface area contributed by atoms with Gasteiger partial charge in [0, 0.05) is 6.92 Å². The van der Waals surface area contributed by atoms with Crippen molar-refractivity contribution in [3.05, 3.63) is 23.8 Å². The van der Waals surface area contributed by atoms with Gasteiger partial charge in [-0.2, -0.15) is 0 Å². The second kappa shape index (κ2) is 4.45. The van der Waals surface area contributed by atoms with E-state index in [-0.39, 0.29) is 24.5 Å². The topological polar surface area (TPSA) is 67.4 Å². The molecule has 0 aliphatic carbocycles. The van der Waals surface area contributed by atoms with Gasteiger partial charge < -0.3 is 15.4 Å². The van der Waals surface area contributed by atoms with E-state index in [0.717, 1.165) is 5.56 Å². The van der Waals surface area contributed by atoms with E-state index in [1.54, 1.807) is 6.07 Å². The Labute approximate surface area is 99.2 Å². The fourth-order valence-corrected chi connectivity index (χ4v) is 1.76. The largest absolute Gasteiger partial charge is 0.482 e. The number of amides is 2. The highest BCUT2D eigenvalue weighted by atomic mass is 16.5. The van der Waals surface area contributed by atoms with Gasteiger partial charge in [0.2, 0.25) is 5.91 Å². The molecular formula is C12H14N2O3. The van der Waals surface area contributed by atoms with Gasteiger partial charge in [0.15, 0.2) is 6.61 Å². The smallest absolute Gasteiger partial charge is 0.262 e. The lowest BCUT2D eigenvalue weighted by Gasteiger charge is -2.20. The van der Waals surface area contributed by atoms with Crippen molar-refractivity contribution in [1.29, 1.82) is 0 Å². The first-order valence-corrected chi connectivity index (χ1v) is 5.40. The van der Waals surface area contributed by atoms with Crippen LogP contribution in [0.2, 0.25) is 0 Å². The Morgan fingerprint density at radius 2 is 2.29 bits per heavy atom. The van der Waals surface area contributed by atoms with Crippen molar-refractivity contribution in [1.82, 2.24) is 5.32 Å². The predicted octanol–water partition coefficient (Wildman–Crippen LogP) is 1.21. The lowest BCUT2D eigenvalue weighted by atomic mass is 10.1. The average molecular weight is 234 g/mol. The number of carbonyl (C=O) groups excluding carboxylic acids is 2. The number of ether oxygens (including phenoxy) is 1. The van der Waals surface area contributed by atoms with Crippen molar-refractivity contribution in [2.75, 3.05) is 11.9 Å². The highest BCUT2D eigenvalue weighted by Crippen LogP contribution is 2.30. The maximum absolute atomic E-state index is 11.2. The molecule has 1 aromatic carbocycles. The summed E-state index contributed by atoms with van der Waals surface area (Å²) in [5.41, 5.74) is 1.57. The van der Waals surface area contributed by atoms with E-state index in [4.69, 9.17) is 4.74 Å². The van der Waals surface area contributed by atoms with Crippen molar-refractivity contribution in [2.24, 2.45) is 0 Å². The molecule has 1 aliphatic rings. The summed E-state index contributed by atoms with van der Waals surface area (Å²) in [6, 6.07) is 5.38. The van der Waals surface area contributed by atoms with Gasteiger partial charge >= 0.3 is 0 Å². The van der Waals surface area contributed by atoms with E-state index >= 15 is 0 Å². The molecule has 5 nitrogen and oxygen atoms in total. The molecule has 2 rings (SSSR count). The first kappa shape index (κ1) is 11.4. The minimum atomic E-state index is -0.165. The van der Waals surface area contributed by atoms with Crippen LogP contribution in [-0.2, 0) is 9.59 Å². The maximum atomic E-state index is 11.2. The van der Waals surface area contributed by atoms with Gasteiger partial charge in [0.25, 0.3) is 5.91 Å². The number of nitrogens with one attached hydrogen (secondary N) is 2. The fraction of sp³-hybridized carbons (Fsp3) is 0.333. The van der Waals surface area contributed by atoms with Crippen molar-refractivity contribution in [3.8, 4) is 5.75 Å². The first-order valence-electron chi connectivity index (χ1n) is 5.40. The number of carbonyl (C=O) groups is 2. The number of anilines is 1. The summed E-state index contributed by atoms with van der Waals surface area (Å²) in [7, 11) is 0. The van der Waals surface area contributed by atoms with Crippen LogP contribution in [0.3, 0.4) is 0 Å². The zero-order chi connectivity index (χ0) is 12.4. The summed E-state index contributed by atoms with van der Waals surface area (Å²) >= 11 is 0. The molecule has 0 radical (unpaired) electrons. The number of rotatable bonds is 2. The summed E-state index contributed by atoms with van der Waals surface area (Å²) < 4.78 is 5.25. The Bertz CT molecular complexity index is 471. The predicted molar refractivity (Wildman–Crippen MR) is 62.8 cm³/mol. The van der Waals surface area contributed by atoms with Crippen LogP contribution in [0.25, 0.3) is 0 Å². The summed E-state index contributed by atoms with van der Waals surface area (Å²) in [5, 5.41) is 5.52. The Morgan fingerprint density at radius 1 is 1.53 bits per heavy atom. The average Bonchev–Trinajstić information content (AvgIpc) is 2.27. The van der Waals surface area contributed by atoms with Crippen molar-refractivity contribution in [3.63, 3.8) is 0 Å². The molecule has 1 atom stereocenters. The monoisotopic (exact) mass is 234 g/mol. The van der Waals surface area contributed by atoms with Gasteiger partial charge in [-0.3, -0.25) is 9.59 Å². The molecule has 2 N–H and O–H groups in total. The highest BCUT2D eigenvalue weighted by molar-refractivity contribution is 5.95. The summed E-state index contributed by atoms with van der Waals surface area (Å²) in [6.45, 7) is 3.40. The Morgan fingerprint density at radius 3 is 3.00 bits per heavy atom. The highest BCUT2D eigenvalue weighted by Gasteiger charge is 2.17. The maximum Gasteiger partial charge on any atom is 0.262 e. The fourth-order valence-electron chi connectivity index (χ4n) is 1.76. The molecule has 0 saturated heterocycles. The molecule has 5 heteroatoms. The lowest BCUT2D eigenvalue weighted by molar-refractivity contribution is -0.120. The Balaban J connectivity index is 2.23. The van der Waals surface area contributed by atoms with Crippen molar-refractivity contribution < 1.29 is 14.3 Å². The third kappa shape index (κ3) is 2.55. The lowest BCUT2D eigenvalue weighted by Crippen LogP contribution is -2.26. The number of hydrogen-bond donors (Lipinski definition) is 2. The molecule has 0 fully saturated rings. The minimum Gasteiger partial charge on any atom is -0.482 e. The zero-order valence-corrected chi connectivity index (χ0v) is 9.74. The van der Waals surface area contributed by atoms with Crippen LogP contribution in [0.4, 0.5) is 5.69 Å². The summed E-state index contributed by atoms with van der Waals surface area (Å²) in [5.74, 6) is 0.403. The SMILES string of the molecule is CC(=O)NC(C)c1ccc2c(c1)NC(=O)CO2. The van der Waals surface area contributed by atoms with E-state index in [0.29, 0.717) is 11.4 Å². The zero-order valence-electron chi connectivity index (χ0n) is 9.74. The molecule has 1 aliphatic heterocycles. The van der Waals surface area contributed by atoms with Gasteiger partial charge in [-0.25, -0.2) is 0 Å². The van der Waals surface area contributed by atoms with Crippen molar-refractivity contribution >= 4 is 17.5 Å². The van der Waals surface area contributed by atoms with E-state index in [2.05, 4.69) is 10.6 Å². The van der Waals surface area contributed by atoms with Gasteiger partial charge in [-0.15, -0.1) is 0 Å². The van der Waals surface area contributed by atoms with Crippen LogP contribution >= 0.6 is 0 Å². The quantitative estimate of drug-likeness (QED) is 0.808. The Hall–Kier alpha value is -2.04. The van der Waals surface area contributed by atoms with Gasteiger partial charge in [-0.1, -0.05) is 6.07 Å². The van der Waals surface area contributed by atoms with Crippen LogP contribution in [0.1, 0.15) is 25.5 Å². The number of benzene rings is 1. The van der Waals surface area contributed by atoms with E-state index in [1.807, 2.05) is 19.1 Å². The van der Waals surface area contributed by atoms with Crippen LogP contribution in [0.5, 0.6) is 5.75 Å². The molecular weight excluding hydrogens is 220 g/mol. The first-order chi connectivity index (χ1) is 8.06. The number of fused-ring (bicyclic) bond motifs is 1. The molecule has 90 valence electrons. The molecule has 1 heterocycles. The van der Waals surface area contributed by atoms with E-state index < -0.39 is 0 Å². The second-order valence-electron chi connectivity index (χ2n) is 4.01. The van der Waals surface area contributed by atoms with Crippen LogP contribution in [0, 0.1) is 0 Å². The molecule has 0 aromatic heterocycles. The van der Waals surface area contributed by atoms with Crippen LogP contribution in [0.15, 0.2) is 18.2 Å². The summed E-state index contributed by atoms with van der Waals surface area (Å²) in [6.07, 6.45) is 0. The summed E-state index contributed by atoms with van der Waals surface area (Å²) in [4.78, 5) is 22.1. The van der Waals surface area contributed by atoms with Crippen LogP contribution in [-0.4, -0.2) is 18.4 Å². The Kier molecular flexibility index (Phi) is 2.99. The third-order valence-corrected chi connectivity index (χ3v) is 2.56. The van der Waals surface area contributed by atoms with Crippen molar-refractivity contribution in [2.45, 2.75) is 19.9 Å². The molecule has 2 amide bonds. The minimum absolute atomic E-state index is 0.0492. The van der Waals surface area contributed by atoms with E-state index in [9.17, 15) is 9.59 Å². The molecule has 1 aromatic rings. The molecule has 0 bridgehead atoms. The van der Waals surface area contributed by atoms with Gasteiger partial charge in [-0.05, 0) is 24.6 Å². The third-order valence-electron chi connectivity index (χ3n) is 2.56. The second-order valence-corrected chi connectivity index (χ2v) is 4.01. The standard InChI is InChI=1S/C12H14N2O3/c1-7(13-8(2)15)9-3-4-11-10(5-9)14-12(16)6-17-11/h3-5,7H,6H2,1-2H3,(H,13,15)(H,14,16). The van der Waals surface area contributed by atoms with Crippen LogP contribution < -0.4 is 15.4 Å². The molecule has 1 unspecified atom stereocenters. The van der Waals surface area contributed by atoms with Gasteiger partial charge in [0.05, 0.1) is 11.7 Å². The van der Waals surface area contributed by atoms with Gasteiger partial charge in [0.1, 0.15) is 5.75 Å². The normalized spacial score (nSPS) is 15.3. The van der Waals surface area contributed by atoms with E-state index in [1.165, 1.54) is 6.92 Å². The number of hydrogen-bond acceptors (Lipinski definition) is 3.